The van der Waals surface area contributed by atoms with Gasteiger partial charge >= 0.3 is 0 Å². The van der Waals surface area contributed by atoms with Crippen LogP contribution in [0.2, 0.25) is 0 Å². The highest BCUT2D eigenvalue weighted by atomic mass is 16.3. The molecule has 0 radical (unpaired) electrons. The molecule has 0 fully saturated rings. The van der Waals surface area contributed by atoms with E-state index in [2.05, 4.69) is 10.1 Å². The number of amides is 2. The number of primary amides is 2. The third kappa shape index (κ3) is 4.77. The molecule has 4 heterocycles. The van der Waals surface area contributed by atoms with Gasteiger partial charge in [0.1, 0.15) is 17.0 Å². The number of ketones is 1. The summed E-state index contributed by atoms with van der Waals surface area (Å²) in [7, 11) is 0. The van der Waals surface area contributed by atoms with Gasteiger partial charge in [0.05, 0.1) is 40.5 Å². The number of aromatic nitrogens is 6. The number of benzene rings is 2. The minimum atomic E-state index is -0.583. The molecule has 2 aromatic carbocycles. The van der Waals surface area contributed by atoms with E-state index >= 15 is 0 Å². The number of Topliss-reactive ketones (excluding diaryl/α,β-unsaturated/α-hetero) is 1. The second-order valence-corrected chi connectivity index (χ2v) is 10.6. The molecule has 0 spiro atoms. The standard InChI is InChI=1S/C31H31N9O4/c1-4-40-23(12-17(3)37-40)24(41)15-25-35-21-13-18(29(32)42)11-16(2)26(21)38(25)8-5-6-9-39-27-22(36-31(39)34)14-20(30(33)43)19-7-10-44-28(19)27/h5-7,10-14H,4,8-9,15H2,1-3H3,(H2,32,42)(H2,33,43)(H2,34,36)/b6-5+. The van der Waals surface area contributed by atoms with E-state index < -0.39 is 11.8 Å². The van der Waals surface area contributed by atoms with Crippen molar-refractivity contribution in [1.29, 1.82) is 0 Å². The molecule has 6 aromatic rings. The predicted octanol–water partition coefficient (Wildman–Crippen LogP) is 3.43. The molecule has 44 heavy (non-hydrogen) atoms. The van der Waals surface area contributed by atoms with Crippen LogP contribution in [0.3, 0.4) is 0 Å². The van der Waals surface area contributed by atoms with Crippen LogP contribution in [0.25, 0.3) is 33.0 Å². The van der Waals surface area contributed by atoms with Crippen LogP contribution in [0.5, 0.6) is 0 Å². The lowest BCUT2D eigenvalue weighted by atomic mass is 10.1. The summed E-state index contributed by atoms with van der Waals surface area (Å²) in [6.07, 6.45) is 5.40. The Labute approximate surface area is 250 Å². The molecule has 0 unspecified atom stereocenters. The van der Waals surface area contributed by atoms with Gasteiger partial charge in [-0.25, -0.2) is 9.97 Å². The van der Waals surface area contributed by atoms with E-state index in [0.717, 1.165) is 16.8 Å². The van der Waals surface area contributed by atoms with Crippen molar-refractivity contribution in [3.63, 3.8) is 0 Å². The van der Waals surface area contributed by atoms with Crippen molar-refractivity contribution in [2.75, 3.05) is 5.73 Å². The maximum Gasteiger partial charge on any atom is 0.249 e. The van der Waals surface area contributed by atoms with Gasteiger partial charge in [0, 0.05) is 30.6 Å². The van der Waals surface area contributed by atoms with E-state index in [1.165, 1.54) is 6.26 Å². The van der Waals surface area contributed by atoms with Gasteiger partial charge in [0.25, 0.3) is 0 Å². The van der Waals surface area contributed by atoms with Crippen molar-refractivity contribution < 1.29 is 18.8 Å². The molecule has 13 nitrogen and oxygen atoms in total. The van der Waals surface area contributed by atoms with Gasteiger partial charge in [0.2, 0.25) is 17.8 Å². The number of fused-ring (bicyclic) bond motifs is 4. The molecule has 0 aliphatic carbocycles. The van der Waals surface area contributed by atoms with E-state index in [9.17, 15) is 14.4 Å². The third-order valence-electron chi connectivity index (χ3n) is 7.69. The van der Waals surface area contributed by atoms with Crippen molar-refractivity contribution in [3.8, 4) is 0 Å². The Morgan fingerprint density at radius 3 is 2.36 bits per heavy atom. The Balaban J connectivity index is 1.35. The lowest BCUT2D eigenvalue weighted by Crippen LogP contribution is -2.15. The number of hydrogen-bond donors (Lipinski definition) is 3. The Bertz CT molecular complexity index is 2160. The van der Waals surface area contributed by atoms with E-state index in [0.29, 0.717) is 69.8 Å². The van der Waals surface area contributed by atoms with Crippen LogP contribution in [0.1, 0.15) is 55.2 Å². The quantitative estimate of drug-likeness (QED) is 0.159. The average Bonchev–Trinajstić information content (AvgIpc) is 3.74. The minimum absolute atomic E-state index is 0.0385. The smallest absolute Gasteiger partial charge is 0.249 e. The number of rotatable bonds is 10. The zero-order valence-corrected chi connectivity index (χ0v) is 24.5. The fraction of sp³-hybridized carbons (Fsp3) is 0.226. The predicted molar refractivity (Wildman–Crippen MR) is 165 cm³/mol. The number of furan rings is 1. The van der Waals surface area contributed by atoms with Gasteiger partial charge in [0.15, 0.2) is 11.4 Å². The highest BCUT2D eigenvalue weighted by molar-refractivity contribution is 6.13. The second kappa shape index (κ2) is 10.8. The maximum atomic E-state index is 13.4. The molecule has 6 rings (SSSR count). The zero-order chi connectivity index (χ0) is 31.3. The summed E-state index contributed by atoms with van der Waals surface area (Å²) >= 11 is 0. The first-order valence-electron chi connectivity index (χ1n) is 14.0. The fourth-order valence-corrected chi connectivity index (χ4v) is 5.74. The van der Waals surface area contributed by atoms with Crippen molar-refractivity contribution >= 4 is 56.6 Å². The molecule has 0 saturated heterocycles. The largest absolute Gasteiger partial charge is 0.462 e. The Morgan fingerprint density at radius 2 is 1.66 bits per heavy atom. The van der Waals surface area contributed by atoms with Gasteiger partial charge in [-0.3, -0.25) is 19.1 Å². The van der Waals surface area contributed by atoms with E-state index in [1.54, 1.807) is 39.6 Å². The van der Waals surface area contributed by atoms with Gasteiger partial charge in [-0.05, 0) is 56.7 Å². The number of aryl methyl sites for hydroxylation is 3. The summed E-state index contributed by atoms with van der Waals surface area (Å²) in [5.74, 6) is -0.453. The molecular weight excluding hydrogens is 562 g/mol. The van der Waals surface area contributed by atoms with Crippen molar-refractivity contribution in [1.82, 2.24) is 28.9 Å². The first-order valence-corrected chi connectivity index (χ1v) is 14.0. The number of carbonyl (C=O) groups excluding carboxylic acids is 3. The zero-order valence-electron chi connectivity index (χ0n) is 24.5. The maximum absolute atomic E-state index is 13.4. The Hall–Kier alpha value is -5.72. The molecular formula is C31H31N9O4. The first kappa shape index (κ1) is 28.4. The van der Waals surface area contributed by atoms with Crippen LogP contribution >= 0.6 is 0 Å². The normalized spacial score (nSPS) is 11.9. The molecule has 13 heteroatoms. The van der Waals surface area contributed by atoms with Crippen LogP contribution in [0, 0.1) is 13.8 Å². The monoisotopic (exact) mass is 593 g/mol. The highest BCUT2D eigenvalue weighted by Gasteiger charge is 2.21. The molecule has 0 aliphatic heterocycles. The number of carbonyl (C=O) groups is 3. The Morgan fingerprint density at radius 1 is 0.932 bits per heavy atom. The van der Waals surface area contributed by atoms with E-state index in [4.69, 9.17) is 26.6 Å². The number of allylic oxidation sites excluding steroid dienone is 2. The summed E-state index contributed by atoms with van der Waals surface area (Å²) in [4.78, 5) is 46.6. The topological polar surface area (TPSA) is 196 Å². The average molecular weight is 594 g/mol. The van der Waals surface area contributed by atoms with Gasteiger partial charge in [-0.2, -0.15) is 5.10 Å². The summed E-state index contributed by atoms with van der Waals surface area (Å²) in [6, 6.07) is 8.44. The van der Waals surface area contributed by atoms with Crippen molar-refractivity contribution in [3.05, 3.63) is 82.6 Å². The molecule has 0 atom stereocenters. The van der Waals surface area contributed by atoms with Crippen LogP contribution in [-0.2, 0) is 26.1 Å². The van der Waals surface area contributed by atoms with Crippen LogP contribution < -0.4 is 17.2 Å². The number of imidazole rings is 2. The van der Waals surface area contributed by atoms with Crippen LogP contribution in [-0.4, -0.2) is 46.5 Å². The fourth-order valence-electron chi connectivity index (χ4n) is 5.74. The minimum Gasteiger partial charge on any atom is -0.462 e. The van der Waals surface area contributed by atoms with Crippen LogP contribution in [0.15, 0.2) is 53.2 Å². The third-order valence-corrected chi connectivity index (χ3v) is 7.69. The van der Waals surface area contributed by atoms with Gasteiger partial charge < -0.3 is 30.8 Å². The summed E-state index contributed by atoms with van der Waals surface area (Å²) < 4.78 is 11.1. The molecule has 2 amide bonds. The molecule has 6 N–H and O–H groups in total. The van der Waals surface area contributed by atoms with E-state index in [-0.39, 0.29) is 18.2 Å². The first-order chi connectivity index (χ1) is 21.1. The lowest BCUT2D eigenvalue weighted by Gasteiger charge is -2.10. The lowest BCUT2D eigenvalue weighted by molar-refractivity contribution is 0.0975. The second-order valence-electron chi connectivity index (χ2n) is 10.6. The molecule has 0 aliphatic rings. The number of nitrogen functional groups attached to an aromatic ring is 1. The molecule has 0 saturated carbocycles. The number of nitrogens with zero attached hydrogens (tertiary/aromatic N) is 6. The SMILES string of the molecule is CCn1nc(C)cc1C(=O)Cc1nc2cc(C(N)=O)cc(C)c2n1C/C=C/Cn1c(N)nc2cc(C(N)=O)c3ccoc3c21. The highest BCUT2D eigenvalue weighted by Crippen LogP contribution is 2.31. The summed E-state index contributed by atoms with van der Waals surface area (Å²) in [6.45, 7) is 6.97. The summed E-state index contributed by atoms with van der Waals surface area (Å²) in [5, 5.41) is 4.99. The van der Waals surface area contributed by atoms with E-state index in [1.807, 2.05) is 37.5 Å². The number of hydrogen-bond acceptors (Lipinski definition) is 8. The number of anilines is 1. The Kier molecular flexibility index (Phi) is 7.00. The number of nitrogens with two attached hydrogens (primary N) is 3. The van der Waals surface area contributed by atoms with Crippen molar-refractivity contribution in [2.24, 2.45) is 11.5 Å². The van der Waals surface area contributed by atoms with Gasteiger partial charge in [-0.1, -0.05) is 12.2 Å². The molecule has 4 aromatic heterocycles. The molecule has 0 bridgehead atoms. The van der Waals surface area contributed by atoms with Gasteiger partial charge in [-0.15, -0.1) is 0 Å². The summed E-state index contributed by atoms with van der Waals surface area (Å²) in [5.41, 5.74) is 23.1. The van der Waals surface area contributed by atoms with Crippen LogP contribution in [0.4, 0.5) is 5.95 Å². The molecule has 224 valence electrons. The van der Waals surface area contributed by atoms with Crippen molar-refractivity contribution in [2.45, 2.75) is 46.8 Å².